The molecule has 4 nitrogen and oxygen atoms in total. The third-order valence-corrected chi connectivity index (χ3v) is 2.22. The van der Waals surface area contributed by atoms with Crippen LogP contribution in [-0.2, 0) is 10.2 Å². The largest absolute Gasteiger partial charge is 0.369 e. The van der Waals surface area contributed by atoms with E-state index in [0.29, 0.717) is 5.82 Å². The second kappa shape index (κ2) is 2.27. The monoisotopic (exact) mass is 163 g/mol. The summed E-state index contributed by atoms with van der Waals surface area (Å²) in [5, 5.41) is 0. The molecular formula is C8H9N3O. The normalized spacial score (nSPS) is 18.7. The summed E-state index contributed by atoms with van der Waals surface area (Å²) >= 11 is 0. The highest BCUT2D eigenvalue weighted by atomic mass is 16.1. The highest BCUT2D eigenvalue weighted by molar-refractivity contribution is 5.88. The maximum absolute atomic E-state index is 11.0. The summed E-state index contributed by atoms with van der Waals surface area (Å²) in [7, 11) is 0. The zero-order chi connectivity index (χ0) is 8.60. The molecule has 1 aromatic heterocycles. The summed E-state index contributed by atoms with van der Waals surface area (Å²) in [5.74, 6) is 0.256. The van der Waals surface area contributed by atoms with Crippen molar-refractivity contribution in [2.75, 3.05) is 0 Å². The zero-order valence-electron chi connectivity index (χ0n) is 6.53. The van der Waals surface area contributed by atoms with Crippen molar-refractivity contribution >= 4 is 5.91 Å². The van der Waals surface area contributed by atoms with Gasteiger partial charge < -0.3 is 5.73 Å². The van der Waals surface area contributed by atoms with Crippen LogP contribution < -0.4 is 5.73 Å². The van der Waals surface area contributed by atoms with Crippen molar-refractivity contribution in [2.24, 2.45) is 5.73 Å². The van der Waals surface area contributed by atoms with Crippen molar-refractivity contribution in [1.82, 2.24) is 9.97 Å². The molecule has 0 saturated heterocycles. The molecule has 0 atom stereocenters. The average molecular weight is 163 g/mol. The first-order valence-electron chi connectivity index (χ1n) is 3.83. The van der Waals surface area contributed by atoms with E-state index in [1.807, 2.05) is 0 Å². The third-order valence-electron chi connectivity index (χ3n) is 2.22. The lowest BCUT2D eigenvalue weighted by molar-refractivity contribution is -0.120. The van der Waals surface area contributed by atoms with Crippen LogP contribution in [0.25, 0.3) is 0 Å². The predicted molar refractivity (Wildman–Crippen MR) is 42.1 cm³/mol. The number of carbonyl (C=O) groups is 1. The van der Waals surface area contributed by atoms with E-state index in [-0.39, 0.29) is 5.91 Å². The van der Waals surface area contributed by atoms with Gasteiger partial charge in [0.05, 0.1) is 0 Å². The van der Waals surface area contributed by atoms with Gasteiger partial charge in [-0.05, 0) is 18.9 Å². The summed E-state index contributed by atoms with van der Waals surface area (Å²) in [6, 6.07) is 1.72. The van der Waals surface area contributed by atoms with Crippen LogP contribution >= 0.6 is 0 Å². The van der Waals surface area contributed by atoms with Gasteiger partial charge in [-0.3, -0.25) is 4.79 Å². The van der Waals surface area contributed by atoms with E-state index in [1.165, 1.54) is 0 Å². The second-order valence-corrected chi connectivity index (χ2v) is 3.02. The van der Waals surface area contributed by atoms with Crippen molar-refractivity contribution in [1.29, 1.82) is 0 Å². The molecule has 1 amide bonds. The lowest BCUT2D eigenvalue weighted by Crippen LogP contribution is -2.30. The smallest absolute Gasteiger partial charge is 0.231 e. The molecule has 1 aromatic rings. The fourth-order valence-corrected chi connectivity index (χ4v) is 1.25. The number of hydrogen-bond donors (Lipinski definition) is 1. The number of hydrogen-bond acceptors (Lipinski definition) is 3. The Kier molecular flexibility index (Phi) is 1.36. The van der Waals surface area contributed by atoms with Gasteiger partial charge in [-0.25, -0.2) is 9.97 Å². The van der Waals surface area contributed by atoms with Gasteiger partial charge in [0.2, 0.25) is 5.91 Å². The molecule has 1 aliphatic rings. The average Bonchev–Trinajstić information content (AvgIpc) is 2.86. The molecule has 0 aromatic carbocycles. The van der Waals surface area contributed by atoms with Gasteiger partial charge in [-0.2, -0.15) is 0 Å². The predicted octanol–water partition coefficient (Wildman–Crippen LogP) is -0.00650. The van der Waals surface area contributed by atoms with Crippen LogP contribution in [-0.4, -0.2) is 15.9 Å². The molecule has 0 unspecified atom stereocenters. The van der Waals surface area contributed by atoms with E-state index in [9.17, 15) is 4.79 Å². The lowest BCUT2D eigenvalue weighted by atomic mass is 10.1. The first kappa shape index (κ1) is 7.21. The minimum atomic E-state index is -0.540. The minimum Gasteiger partial charge on any atom is -0.369 e. The first-order chi connectivity index (χ1) is 5.76. The quantitative estimate of drug-likeness (QED) is 0.666. The molecule has 1 saturated carbocycles. The summed E-state index contributed by atoms with van der Waals surface area (Å²) in [4.78, 5) is 19.1. The maximum Gasteiger partial charge on any atom is 0.231 e. The maximum atomic E-state index is 11.0. The van der Waals surface area contributed by atoms with Crippen molar-refractivity contribution in [3.63, 3.8) is 0 Å². The molecule has 0 radical (unpaired) electrons. The molecule has 1 heterocycles. The highest BCUT2D eigenvalue weighted by Gasteiger charge is 2.52. The Hall–Kier alpha value is -1.45. The van der Waals surface area contributed by atoms with Crippen LogP contribution in [0.15, 0.2) is 18.5 Å². The Bertz CT molecular complexity index is 305. The van der Waals surface area contributed by atoms with E-state index < -0.39 is 5.41 Å². The van der Waals surface area contributed by atoms with Gasteiger partial charge in [-0.15, -0.1) is 0 Å². The topological polar surface area (TPSA) is 68.9 Å². The number of amides is 1. The van der Waals surface area contributed by atoms with Crippen molar-refractivity contribution in [3.8, 4) is 0 Å². The van der Waals surface area contributed by atoms with Crippen molar-refractivity contribution < 1.29 is 4.79 Å². The molecule has 1 aliphatic carbocycles. The van der Waals surface area contributed by atoms with Crippen LogP contribution in [0.4, 0.5) is 0 Å². The molecule has 0 aliphatic heterocycles. The lowest BCUT2D eigenvalue weighted by Gasteiger charge is -2.06. The van der Waals surface area contributed by atoms with Crippen LogP contribution in [0, 0.1) is 0 Å². The van der Waals surface area contributed by atoms with Crippen LogP contribution in [0.2, 0.25) is 0 Å². The Balaban J connectivity index is 2.37. The SMILES string of the molecule is NC(=O)C1(c2ncccn2)CC1. The zero-order valence-corrected chi connectivity index (χ0v) is 6.53. The standard InChI is InChI=1S/C8H9N3O/c9-6(12)8(2-3-8)7-10-4-1-5-11-7/h1,4-5H,2-3H2,(H2,9,12). The van der Waals surface area contributed by atoms with Gasteiger partial charge in [-0.1, -0.05) is 0 Å². The minimum absolute atomic E-state index is 0.311. The van der Waals surface area contributed by atoms with E-state index in [1.54, 1.807) is 18.5 Å². The molecule has 62 valence electrons. The second-order valence-electron chi connectivity index (χ2n) is 3.02. The van der Waals surface area contributed by atoms with E-state index in [4.69, 9.17) is 5.73 Å². The molecule has 2 N–H and O–H groups in total. The Morgan fingerprint density at radius 2 is 2.00 bits per heavy atom. The van der Waals surface area contributed by atoms with Crippen molar-refractivity contribution in [2.45, 2.75) is 18.3 Å². The van der Waals surface area contributed by atoms with Crippen molar-refractivity contribution in [3.05, 3.63) is 24.3 Å². The number of aromatic nitrogens is 2. The number of carbonyl (C=O) groups excluding carboxylic acids is 1. The Labute approximate surface area is 69.8 Å². The summed E-state index contributed by atoms with van der Waals surface area (Å²) < 4.78 is 0. The Morgan fingerprint density at radius 3 is 2.42 bits per heavy atom. The number of nitrogens with zero attached hydrogens (tertiary/aromatic N) is 2. The van der Waals surface area contributed by atoms with E-state index in [0.717, 1.165) is 12.8 Å². The fourth-order valence-electron chi connectivity index (χ4n) is 1.25. The van der Waals surface area contributed by atoms with Gasteiger partial charge in [0.25, 0.3) is 0 Å². The molecule has 1 fully saturated rings. The number of rotatable bonds is 2. The molecule has 12 heavy (non-hydrogen) atoms. The summed E-state index contributed by atoms with van der Waals surface area (Å²) in [5.41, 5.74) is 4.71. The van der Waals surface area contributed by atoms with E-state index in [2.05, 4.69) is 9.97 Å². The third kappa shape index (κ3) is 0.879. The number of primary amides is 1. The Morgan fingerprint density at radius 1 is 1.42 bits per heavy atom. The highest BCUT2D eigenvalue weighted by Crippen LogP contribution is 2.45. The van der Waals surface area contributed by atoms with Crippen LogP contribution in [0.5, 0.6) is 0 Å². The first-order valence-corrected chi connectivity index (χ1v) is 3.83. The molecule has 2 rings (SSSR count). The summed E-state index contributed by atoms with van der Waals surface area (Å²) in [6.07, 6.45) is 4.83. The molecule has 4 heteroatoms. The molecular weight excluding hydrogens is 154 g/mol. The van der Waals surface area contributed by atoms with Gasteiger partial charge in [0.1, 0.15) is 11.2 Å². The van der Waals surface area contributed by atoms with Crippen LogP contribution in [0.1, 0.15) is 18.7 Å². The fraction of sp³-hybridized carbons (Fsp3) is 0.375. The number of nitrogens with two attached hydrogens (primary N) is 1. The van der Waals surface area contributed by atoms with Gasteiger partial charge >= 0.3 is 0 Å². The van der Waals surface area contributed by atoms with E-state index >= 15 is 0 Å². The van der Waals surface area contributed by atoms with Crippen LogP contribution in [0.3, 0.4) is 0 Å². The summed E-state index contributed by atoms with van der Waals surface area (Å²) in [6.45, 7) is 0. The van der Waals surface area contributed by atoms with Gasteiger partial charge in [0, 0.05) is 12.4 Å². The molecule has 0 spiro atoms. The van der Waals surface area contributed by atoms with Gasteiger partial charge in [0.15, 0.2) is 0 Å². The molecule has 0 bridgehead atoms.